The van der Waals surface area contributed by atoms with Crippen LogP contribution in [0.1, 0.15) is 48.7 Å². The zero-order chi connectivity index (χ0) is 27.9. The van der Waals surface area contributed by atoms with E-state index in [1.54, 1.807) is 4.90 Å². The fourth-order valence-corrected chi connectivity index (χ4v) is 5.70. The summed E-state index contributed by atoms with van der Waals surface area (Å²) in [5, 5.41) is 1.77. The number of halogens is 1. The van der Waals surface area contributed by atoms with Crippen molar-refractivity contribution < 1.29 is 23.7 Å². The van der Waals surface area contributed by atoms with E-state index < -0.39 is 11.9 Å². The lowest BCUT2D eigenvalue weighted by Crippen LogP contribution is -2.42. The molecule has 2 aliphatic rings. The number of rotatable bonds is 6. The monoisotopic (exact) mass is 560 g/mol. The van der Waals surface area contributed by atoms with Crippen molar-refractivity contribution in [2.24, 2.45) is 0 Å². The number of amides is 1. The number of fused-ring (bicyclic) bond motifs is 3. The van der Waals surface area contributed by atoms with Gasteiger partial charge in [0.2, 0.25) is 0 Å². The average Bonchev–Trinajstić information content (AvgIpc) is 3.48. The van der Waals surface area contributed by atoms with Crippen LogP contribution in [0, 0.1) is 6.92 Å². The van der Waals surface area contributed by atoms with Crippen LogP contribution < -0.4 is 9.47 Å². The zero-order valence-corrected chi connectivity index (χ0v) is 23.7. The summed E-state index contributed by atoms with van der Waals surface area (Å²) < 4.78 is 23.3. The van der Waals surface area contributed by atoms with Crippen LogP contribution in [0.25, 0.3) is 10.9 Å². The van der Waals surface area contributed by atoms with Crippen LogP contribution in [0.3, 0.4) is 0 Å². The normalized spacial score (nSPS) is 19.9. The molecule has 1 fully saturated rings. The quantitative estimate of drug-likeness (QED) is 0.270. The van der Waals surface area contributed by atoms with Gasteiger partial charge in [-0.2, -0.15) is 0 Å². The van der Waals surface area contributed by atoms with Gasteiger partial charge in [0.15, 0.2) is 5.79 Å². The molecular weight excluding hydrogens is 528 g/mol. The fourth-order valence-electron chi connectivity index (χ4n) is 5.53. The Kier molecular flexibility index (Phi) is 7.21. The molecule has 2 aliphatic heterocycles. The van der Waals surface area contributed by atoms with E-state index in [-0.39, 0.29) is 12.1 Å². The zero-order valence-electron chi connectivity index (χ0n) is 22.9. The van der Waals surface area contributed by atoms with E-state index in [1.165, 1.54) is 5.56 Å². The molecule has 1 aromatic heterocycles. The molecule has 4 aromatic rings. The molecule has 208 valence electrons. The summed E-state index contributed by atoms with van der Waals surface area (Å²) in [5.41, 5.74) is 5.20. The average molecular weight is 561 g/mol. The van der Waals surface area contributed by atoms with E-state index in [0.29, 0.717) is 37.0 Å². The largest absolute Gasteiger partial charge is 0.493 e. The van der Waals surface area contributed by atoms with Crippen molar-refractivity contribution in [3.05, 3.63) is 94.1 Å². The first-order chi connectivity index (χ1) is 19.3. The minimum absolute atomic E-state index is 0.0264. The molecule has 0 spiro atoms. The number of ether oxygens (including phenoxy) is 4. The predicted molar refractivity (Wildman–Crippen MR) is 154 cm³/mol. The number of aromatic nitrogens is 1. The molecule has 1 N–H and O–H groups in total. The maximum Gasteiger partial charge on any atom is 0.416 e. The number of carbonyl (C=O) groups excluding carboxylic acids is 1. The van der Waals surface area contributed by atoms with Crippen molar-refractivity contribution in [2.75, 3.05) is 19.8 Å². The van der Waals surface area contributed by atoms with Gasteiger partial charge in [-0.15, -0.1) is 0 Å². The lowest BCUT2D eigenvalue weighted by Gasteiger charge is -2.35. The Morgan fingerprint density at radius 2 is 1.82 bits per heavy atom. The summed E-state index contributed by atoms with van der Waals surface area (Å²) in [6, 6.07) is 20.9. The van der Waals surface area contributed by atoms with Crippen LogP contribution >= 0.6 is 11.6 Å². The first kappa shape index (κ1) is 26.7. The third kappa shape index (κ3) is 5.55. The molecule has 0 radical (unpaired) electrons. The van der Waals surface area contributed by atoms with Crippen molar-refractivity contribution in [2.45, 2.75) is 51.5 Å². The van der Waals surface area contributed by atoms with Crippen LogP contribution in [0.5, 0.6) is 11.5 Å². The molecule has 3 aromatic carbocycles. The molecule has 0 saturated carbocycles. The second-order valence-electron chi connectivity index (χ2n) is 10.9. The van der Waals surface area contributed by atoms with Gasteiger partial charge in [-0.25, -0.2) is 4.79 Å². The van der Waals surface area contributed by atoms with E-state index in [9.17, 15) is 4.79 Å². The fraction of sp³-hybridized carbons (Fsp3) is 0.344. The Bertz CT molecular complexity index is 1510. The van der Waals surface area contributed by atoms with Crippen LogP contribution in [0.2, 0.25) is 5.02 Å². The maximum absolute atomic E-state index is 13.5. The number of aryl methyl sites for hydroxylation is 1. The second kappa shape index (κ2) is 10.8. The molecule has 40 heavy (non-hydrogen) atoms. The second-order valence-corrected chi connectivity index (χ2v) is 11.3. The van der Waals surface area contributed by atoms with Crippen LogP contribution in [-0.4, -0.2) is 47.6 Å². The molecule has 3 heterocycles. The van der Waals surface area contributed by atoms with Crippen LogP contribution in [-0.2, 0) is 15.9 Å². The lowest BCUT2D eigenvalue weighted by molar-refractivity contribution is -0.139. The highest BCUT2D eigenvalue weighted by Crippen LogP contribution is 2.40. The van der Waals surface area contributed by atoms with Crippen molar-refractivity contribution >= 4 is 28.6 Å². The summed E-state index contributed by atoms with van der Waals surface area (Å²) in [6.45, 7) is 7.45. The highest BCUT2D eigenvalue weighted by molar-refractivity contribution is 6.31. The Hall–Kier alpha value is -3.52. The van der Waals surface area contributed by atoms with Gasteiger partial charge in [-0.1, -0.05) is 41.4 Å². The van der Waals surface area contributed by atoms with Gasteiger partial charge < -0.3 is 23.9 Å². The number of nitrogens with zero attached hydrogens (tertiary/aromatic N) is 1. The smallest absolute Gasteiger partial charge is 0.416 e. The van der Waals surface area contributed by atoms with Crippen LogP contribution in [0.4, 0.5) is 4.79 Å². The Labute approximate surface area is 238 Å². The number of carbonyl (C=O) groups is 1. The predicted octanol–water partition coefficient (Wildman–Crippen LogP) is 7.20. The molecule has 1 amide bonds. The van der Waals surface area contributed by atoms with Gasteiger partial charge in [0, 0.05) is 34.6 Å². The van der Waals surface area contributed by atoms with E-state index in [2.05, 4.69) is 4.98 Å². The number of hydrogen-bond acceptors (Lipinski definition) is 5. The van der Waals surface area contributed by atoms with Crippen LogP contribution in [0.15, 0.2) is 66.7 Å². The number of H-pyrrole nitrogens is 1. The molecule has 2 atom stereocenters. The number of nitrogens with one attached hydrogen (secondary N) is 1. The molecule has 1 saturated heterocycles. The highest BCUT2D eigenvalue weighted by Gasteiger charge is 2.36. The summed E-state index contributed by atoms with van der Waals surface area (Å²) in [4.78, 5) is 18.9. The standard InChI is InChI=1S/C32H33ClN2O5/c1-20-4-9-24(10-5-20)39-31(36)35-16-14-26-27-18-22(33)8-13-28(27)34-29(26)30(35)21-6-11-23(12-7-21)37-17-15-25-19-38-32(2,3)40-25/h4-13,18,25,30,34H,14-17,19H2,1-3H3/t25-,30?/m0/s1. The SMILES string of the molecule is Cc1ccc(OC(=O)N2CCc3c([nH]c4ccc(Cl)cc34)C2c2ccc(OCC[C@H]3COC(C)(C)O3)cc2)cc1. The van der Waals surface area contributed by atoms with E-state index in [0.717, 1.165) is 39.9 Å². The maximum atomic E-state index is 13.5. The lowest BCUT2D eigenvalue weighted by atomic mass is 9.92. The molecule has 0 aliphatic carbocycles. The molecule has 0 bridgehead atoms. The van der Waals surface area contributed by atoms with Crippen molar-refractivity contribution in [1.29, 1.82) is 0 Å². The van der Waals surface area contributed by atoms with Crippen molar-refractivity contribution in [3.63, 3.8) is 0 Å². The Morgan fingerprint density at radius 1 is 1.07 bits per heavy atom. The van der Waals surface area contributed by atoms with E-state index >= 15 is 0 Å². The molecule has 6 rings (SSSR count). The Balaban J connectivity index is 1.25. The molecular formula is C32H33ClN2O5. The summed E-state index contributed by atoms with van der Waals surface area (Å²) in [6.07, 6.45) is 1.07. The molecule has 7 nitrogen and oxygen atoms in total. The van der Waals surface area contributed by atoms with Gasteiger partial charge in [-0.05, 0) is 80.8 Å². The highest BCUT2D eigenvalue weighted by atomic mass is 35.5. The number of hydrogen-bond donors (Lipinski definition) is 1. The minimum Gasteiger partial charge on any atom is -0.493 e. The number of benzene rings is 3. The van der Waals surface area contributed by atoms with E-state index in [4.69, 9.17) is 30.5 Å². The van der Waals surface area contributed by atoms with Crippen molar-refractivity contribution in [1.82, 2.24) is 9.88 Å². The minimum atomic E-state index is -0.536. The summed E-state index contributed by atoms with van der Waals surface area (Å²) in [7, 11) is 0. The summed E-state index contributed by atoms with van der Waals surface area (Å²) >= 11 is 6.34. The van der Waals surface area contributed by atoms with Gasteiger partial charge in [0.05, 0.1) is 19.3 Å². The topological polar surface area (TPSA) is 73.0 Å². The third-order valence-electron chi connectivity index (χ3n) is 7.52. The molecule has 8 heteroatoms. The van der Waals surface area contributed by atoms with Gasteiger partial charge >= 0.3 is 6.09 Å². The van der Waals surface area contributed by atoms with Gasteiger partial charge in [0.1, 0.15) is 17.5 Å². The third-order valence-corrected chi connectivity index (χ3v) is 7.76. The van der Waals surface area contributed by atoms with Gasteiger partial charge in [-0.3, -0.25) is 4.90 Å². The van der Waals surface area contributed by atoms with Crippen molar-refractivity contribution in [3.8, 4) is 11.5 Å². The number of aromatic amines is 1. The molecule has 1 unspecified atom stereocenters. The Morgan fingerprint density at radius 3 is 2.55 bits per heavy atom. The van der Waals surface area contributed by atoms with Gasteiger partial charge in [0.25, 0.3) is 0 Å². The van der Waals surface area contributed by atoms with E-state index in [1.807, 2.05) is 87.5 Å². The first-order valence-corrected chi connectivity index (χ1v) is 14.0. The first-order valence-electron chi connectivity index (χ1n) is 13.7. The summed E-state index contributed by atoms with van der Waals surface area (Å²) in [5.74, 6) is 0.744.